The van der Waals surface area contributed by atoms with Gasteiger partial charge in [0.05, 0.1) is 18.1 Å². The van der Waals surface area contributed by atoms with Crippen molar-refractivity contribution >= 4 is 35.4 Å². The van der Waals surface area contributed by atoms with Crippen molar-refractivity contribution in [1.82, 2.24) is 19.9 Å². The van der Waals surface area contributed by atoms with E-state index in [1.807, 2.05) is 36.7 Å². The number of rotatable bonds is 0. The maximum Gasteiger partial charge on any atom is 0.178 e. The molecule has 2 aliphatic heterocycles. The summed E-state index contributed by atoms with van der Waals surface area (Å²) in [6.07, 6.45) is 18.1. The lowest BCUT2D eigenvalue weighted by Gasteiger charge is -2.48. The molecule has 5 rings (SSSR count). The molecule has 0 aromatic carbocycles. The first-order valence-electron chi connectivity index (χ1n) is 7.44. The Balaban J connectivity index is 1.65. The zero-order valence-corrected chi connectivity index (χ0v) is 12.5. The molecule has 3 aliphatic rings. The number of nitrogens with zero attached hydrogens (tertiary/aromatic N) is 6. The van der Waals surface area contributed by atoms with E-state index in [0.717, 1.165) is 5.69 Å². The van der Waals surface area contributed by atoms with Crippen LogP contribution in [0.25, 0.3) is 0 Å². The topological polar surface area (TPSA) is 100 Å². The molecule has 0 radical (unpaired) electrons. The summed E-state index contributed by atoms with van der Waals surface area (Å²) in [7, 11) is 0. The monoisotopic (exact) mass is 316 g/mol. The third kappa shape index (κ3) is 1.67. The van der Waals surface area contributed by atoms with Gasteiger partial charge >= 0.3 is 0 Å². The minimum atomic E-state index is -0.653. The summed E-state index contributed by atoms with van der Waals surface area (Å²) in [5, 5.41) is 6.96. The maximum absolute atomic E-state index is 4.54. The highest BCUT2D eigenvalue weighted by molar-refractivity contribution is 6.01. The molecule has 1 aliphatic carbocycles. The van der Waals surface area contributed by atoms with Crippen LogP contribution in [0.1, 0.15) is 0 Å². The van der Waals surface area contributed by atoms with Crippen molar-refractivity contribution in [1.29, 1.82) is 0 Å². The zero-order valence-electron chi connectivity index (χ0n) is 12.5. The Morgan fingerprint density at radius 3 is 2.46 bits per heavy atom. The van der Waals surface area contributed by atoms with Crippen molar-refractivity contribution in [2.24, 2.45) is 9.98 Å². The van der Waals surface area contributed by atoms with Crippen LogP contribution in [-0.4, -0.2) is 43.4 Å². The third-order valence-electron chi connectivity index (χ3n) is 4.36. The van der Waals surface area contributed by atoms with E-state index in [1.54, 1.807) is 12.4 Å². The molecule has 0 saturated heterocycles. The quantitative estimate of drug-likeness (QED) is 0.769. The van der Waals surface area contributed by atoms with Crippen LogP contribution in [0.15, 0.2) is 59.3 Å². The van der Waals surface area contributed by atoms with Gasteiger partial charge in [-0.25, -0.2) is 24.9 Å². The molecule has 8 heteroatoms. The molecule has 24 heavy (non-hydrogen) atoms. The molecule has 0 bridgehead atoms. The molecule has 2 unspecified atom stereocenters. The van der Waals surface area contributed by atoms with Gasteiger partial charge in [0, 0.05) is 12.4 Å². The van der Waals surface area contributed by atoms with Gasteiger partial charge in [0.15, 0.2) is 11.6 Å². The Bertz CT molecular complexity index is 869. The fraction of sp³-hybridized carbons (Fsp3) is 0.125. The lowest BCUT2D eigenvalue weighted by atomic mass is 9.73. The van der Waals surface area contributed by atoms with Crippen LogP contribution in [0.2, 0.25) is 0 Å². The molecule has 2 aromatic heterocycles. The predicted octanol–water partition coefficient (Wildman–Crippen LogP) is 1.83. The predicted molar refractivity (Wildman–Crippen MR) is 91.4 cm³/mol. The van der Waals surface area contributed by atoms with E-state index >= 15 is 0 Å². The van der Waals surface area contributed by atoms with Crippen LogP contribution in [-0.2, 0) is 0 Å². The molecular weight excluding hydrogens is 304 g/mol. The SMILES string of the molecule is C1=CC2(C=Nc3ncncc3N2)C2(C=C1)C=Nc1cncnc1N2. The van der Waals surface area contributed by atoms with Crippen molar-refractivity contribution in [3.05, 3.63) is 49.4 Å². The fourth-order valence-corrected chi connectivity index (χ4v) is 3.13. The number of aliphatic imine (C=N–C) groups is 2. The average Bonchev–Trinajstić information content (AvgIpc) is 2.64. The number of nitrogens with one attached hydrogen (secondary N) is 2. The number of anilines is 2. The van der Waals surface area contributed by atoms with Crippen molar-refractivity contribution in [3.63, 3.8) is 0 Å². The largest absolute Gasteiger partial charge is 0.364 e. The normalized spacial score (nSPS) is 28.3. The van der Waals surface area contributed by atoms with Crippen molar-refractivity contribution < 1.29 is 0 Å². The first-order chi connectivity index (χ1) is 11.8. The van der Waals surface area contributed by atoms with Crippen LogP contribution in [0.4, 0.5) is 23.0 Å². The van der Waals surface area contributed by atoms with Gasteiger partial charge in [0.25, 0.3) is 0 Å². The van der Waals surface area contributed by atoms with Gasteiger partial charge in [0.1, 0.15) is 29.4 Å². The molecule has 0 amide bonds. The highest BCUT2D eigenvalue weighted by Crippen LogP contribution is 2.41. The summed E-state index contributed by atoms with van der Waals surface area (Å²) >= 11 is 0. The second-order valence-electron chi connectivity index (χ2n) is 5.74. The number of aromatic nitrogens is 4. The van der Waals surface area contributed by atoms with E-state index in [1.165, 1.54) is 12.7 Å². The Morgan fingerprint density at radius 2 is 1.54 bits per heavy atom. The second-order valence-corrected chi connectivity index (χ2v) is 5.74. The van der Waals surface area contributed by atoms with E-state index in [4.69, 9.17) is 0 Å². The van der Waals surface area contributed by atoms with Crippen LogP contribution >= 0.6 is 0 Å². The van der Waals surface area contributed by atoms with Crippen molar-refractivity contribution in [2.45, 2.75) is 11.1 Å². The van der Waals surface area contributed by atoms with E-state index in [9.17, 15) is 0 Å². The summed E-state index contributed by atoms with van der Waals surface area (Å²) in [5.41, 5.74) is 0.173. The van der Waals surface area contributed by atoms with Crippen LogP contribution in [0, 0.1) is 0 Å². The molecule has 2 spiro atoms. The summed E-state index contributed by atoms with van der Waals surface area (Å²) in [4.78, 5) is 25.6. The molecule has 8 nitrogen and oxygen atoms in total. The first kappa shape index (κ1) is 13.1. The fourth-order valence-electron chi connectivity index (χ4n) is 3.13. The second kappa shape index (κ2) is 4.54. The van der Waals surface area contributed by atoms with Crippen molar-refractivity contribution in [3.8, 4) is 0 Å². The Kier molecular flexibility index (Phi) is 2.47. The van der Waals surface area contributed by atoms with Gasteiger partial charge in [-0.05, 0) is 0 Å². The lowest BCUT2D eigenvalue weighted by molar-refractivity contribution is 0.605. The minimum absolute atomic E-state index is 0.615. The van der Waals surface area contributed by atoms with Crippen LogP contribution in [0.5, 0.6) is 0 Å². The molecule has 2 atom stereocenters. The van der Waals surface area contributed by atoms with E-state index < -0.39 is 11.1 Å². The highest BCUT2D eigenvalue weighted by Gasteiger charge is 2.51. The Hall–Kier alpha value is -3.42. The maximum atomic E-state index is 4.54. The number of allylic oxidation sites excluding steroid dienone is 2. The third-order valence-corrected chi connectivity index (χ3v) is 4.36. The van der Waals surface area contributed by atoms with Gasteiger partial charge in [-0.1, -0.05) is 24.3 Å². The minimum Gasteiger partial charge on any atom is -0.364 e. The van der Waals surface area contributed by atoms with Gasteiger partial charge in [-0.3, -0.25) is 4.99 Å². The van der Waals surface area contributed by atoms with Crippen molar-refractivity contribution in [2.75, 3.05) is 10.6 Å². The van der Waals surface area contributed by atoms with E-state index in [2.05, 4.69) is 40.6 Å². The molecule has 4 heterocycles. The standard InChI is InChI=1S/C16H12N8/c1-2-4-16(7-19-11-5-17-10-22-14(11)24-16)15(3-1)8-20-13-12(23-15)6-18-9-21-13/h1-10,23H,(H,17,22,24). The summed E-state index contributed by atoms with van der Waals surface area (Å²) in [5.74, 6) is 1.29. The lowest BCUT2D eigenvalue weighted by Crippen LogP contribution is -2.65. The molecule has 0 fully saturated rings. The summed E-state index contributed by atoms with van der Waals surface area (Å²) < 4.78 is 0. The summed E-state index contributed by atoms with van der Waals surface area (Å²) in [6.45, 7) is 0. The number of hydrogen-bond donors (Lipinski definition) is 2. The van der Waals surface area contributed by atoms with Gasteiger partial charge in [-0.2, -0.15) is 0 Å². The smallest absolute Gasteiger partial charge is 0.178 e. The molecule has 116 valence electrons. The zero-order chi connectivity index (χ0) is 16.0. The van der Waals surface area contributed by atoms with Gasteiger partial charge in [0.2, 0.25) is 0 Å². The van der Waals surface area contributed by atoms with E-state index in [-0.39, 0.29) is 0 Å². The highest BCUT2D eigenvalue weighted by atomic mass is 15.2. The molecular formula is C16H12N8. The number of fused-ring (bicyclic) bond motifs is 3. The van der Waals surface area contributed by atoms with Gasteiger partial charge in [-0.15, -0.1) is 0 Å². The van der Waals surface area contributed by atoms with Crippen LogP contribution in [0.3, 0.4) is 0 Å². The Morgan fingerprint density at radius 1 is 0.792 bits per heavy atom. The Labute approximate surface area is 137 Å². The molecule has 0 saturated carbocycles. The summed E-state index contributed by atoms with van der Waals surface area (Å²) in [6, 6.07) is 0. The average molecular weight is 316 g/mol. The number of hydrogen-bond acceptors (Lipinski definition) is 8. The molecule has 2 aromatic rings. The van der Waals surface area contributed by atoms with Gasteiger partial charge < -0.3 is 10.6 Å². The van der Waals surface area contributed by atoms with E-state index in [0.29, 0.717) is 17.3 Å². The first-order valence-corrected chi connectivity index (χ1v) is 7.44. The van der Waals surface area contributed by atoms with Crippen LogP contribution < -0.4 is 10.6 Å². The molecule has 2 N–H and O–H groups in total.